The van der Waals surface area contributed by atoms with E-state index < -0.39 is 0 Å². The molecule has 2 aromatic rings. The summed E-state index contributed by atoms with van der Waals surface area (Å²) in [7, 11) is 0. The number of nitriles is 1. The van der Waals surface area contributed by atoms with Crippen molar-refractivity contribution in [3.63, 3.8) is 0 Å². The average Bonchev–Trinajstić information content (AvgIpc) is 2.45. The van der Waals surface area contributed by atoms with E-state index in [2.05, 4.69) is 5.32 Å². The summed E-state index contributed by atoms with van der Waals surface area (Å²) in [6.07, 6.45) is 0. The molecule has 2 rings (SSSR count). The molecule has 20 heavy (non-hydrogen) atoms. The molecule has 0 saturated heterocycles. The van der Waals surface area contributed by atoms with Crippen LogP contribution in [0.4, 0.5) is 5.69 Å². The van der Waals surface area contributed by atoms with E-state index in [-0.39, 0.29) is 6.61 Å². The minimum atomic E-state index is 0.0276. The van der Waals surface area contributed by atoms with Crippen molar-refractivity contribution < 1.29 is 4.74 Å². The number of hydrogen-bond donors (Lipinski definition) is 1. The molecule has 0 atom stereocenters. The van der Waals surface area contributed by atoms with Gasteiger partial charge in [-0.2, -0.15) is 5.26 Å². The Morgan fingerprint density at radius 1 is 1.10 bits per heavy atom. The number of nitrogens with one attached hydrogen (secondary N) is 1. The molecule has 5 heteroatoms. The summed E-state index contributed by atoms with van der Waals surface area (Å²) in [6, 6.07) is 14.7. The van der Waals surface area contributed by atoms with Gasteiger partial charge in [-0.15, -0.1) is 0 Å². The molecule has 1 N–H and O–H groups in total. The highest BCUT2D eigenvalue weighted by Gasteiger charge is 2.05. The van der Waals surface area contributed by atoms with Gasteiger partial charge in [-0.05, 0) is 24.3 Å². The van der Waals surface area contributed by atoms with Crippen molar-refractivity contribution in [3.05, 3.63) is 58.1 Å². The van der Waals surface area contributed by atoms with Crippen LogP contribution in [0.5, 0.6) is 5.75 Å². The van der Waals surface area contributed by atoms with E-state index in [0.717, 1.165) is 11.3 Å². The van der Waals surface area contributed by atoms with E-state index in [4.69, 9.17) is 33.2 Å². The van der Waals surface area contributed by atoms with E-state index in [1.54, 1.807) is 18.2 Å². The van der Waals surface area contributed by atoms with Gasteiger partial charge in [-0.1, -0.05) is 35.3 Å². The number of nitrogens with zero attached hydrogens (tertiary/aromatic N) is 1. The Labute approximate surface area is 127 Å². The van der Waals surface area contributed by atoms with Crippen molar-refractivity contribution in [1.82, 2.24) is 0 Å². The Bertz CT molecular complexity index is 618. The van der Waals surface area contributed by atoms with Gasteiger partial charge in [0.2, 0.25) is 0 Å². The van der Waals surface area contributed by atoms with Gasteiger partial charge in [0.05, 0.1) is 0 Å². The van der Waals surface area contributed by atoms with E-state index in [1.165, 1.54) is 0 Å². The van der Waals surface area contributed by atoms with Gasteiger partial charge >= 0.3 is 0 Å². The van der Waals surface area contributed by atoms with Crippen LogP contribution in [0.3, 0.4) is 0 Å². The molecule has 0 aliphatic rings. The van der Waals surface area contributed by atoms with Gasteiger partial charge in [0, 0.05) is 33.9 Å². The van der Waals surface area contributed by atoms with Crippen molar-refractivity contribution in [3.8, 4) is 11.8 Å². The molecule has 0 fully saturated rings. The second-order valence-electron chi connectivity index (χ2n) is 4.03. The van der Waals surface area contributed by atoms with Crippen LogP contribution in [0.25, 0.3) is 0 Å². The number of ether oxygens (including phenoxy) is 1. The first-order chi connectivity index (χ1) is 9.70. The van der Waals surface area contributed by atoms with Gasteiger partial charge in [0.15, 0.2) is 6.61 Å². The van der Waals surface area contributed by atoms with Gasteiger partial charge < -0.3 is 10.1 Å². The van der Waals surface area contributed by atoms with Gasteiger partial charge in [-0.25, -0.2) is 0 Å². The molecule has 0 saturated carbocycles. The molecular formula is C15H12Cl2N2O. The van der Waals surface area contributed by atoms with Crippen LogP contribution in [-0.4, -0.2) is 6.61 Å². The third-order valence-corrected chi connectivity index (χ3v) is 3.38. The normalized spacial score (nSPS) is 9.85. The maximum atomic E-state index is 8.49. The second-order valence-corrected chi connectivity index (χ2v) is 4.84. The second kappa shape index (κ2) is 7.04. The lowest BCUT2D eigenvalue weighted by atomic mass is 10.2. The van der Waals surface area contributed by atoms with E-state index in [0.29, 0.717) is 22.3 Å². The molecule has 0 spiro atoms. The molecule has 102 valence electrons. The fourth-order valence-corrected chi connectivity index (χ4v) is 2.23. The third-order valence-electron chi connectivity index (χ3n) is 2.67. The SMILES string of the molecule is N#CCOc1cccc(NCc2c(Cl)cccc2Cl)c1. The molecule has 0 heterocycles. The number of hydrogen-bond acceptors (Lipinski definition) is 3. The van der Waals surface area contributed by atoms with Crippen LogP contribution in [0.1, 0.15) is 5.56 Å². The molecule has 0 aromatic heterocycles. The first-order valence-corrected chi connectivity index (χ1v) is 6.73. The van der Waals surface area contributed by atoms with Crippen molar-refractivity contribution in [2.24, 2.45) is 0 Å². The fraction of sp³-hybridized carbons (Fsp3) is 0.133. The van der Waals surface area contributed by atoms with Crippen LogP contribution < -0.4 is 10.1 Å². The highest BCUT2D eigenvalue weighted by Crippen LogP contribution is 2.26. The standard InChI is InChI=1S/C15H12Cl2N2O/c16-14-5-2-6-15(17)13(14)10-19-11-3-1-4-12(9-11)20-8-7-18/h1-6,9,19H,8,10H2. The first kappa shape index (κ1) is 14.5. The van der Waals surface area contributed by atoms with E-state index in [1.807, 2.05) is 30.3 Å². The number of rotatable bonds is 5. The van der Waals surface area contributed by atoms with E-state index >= 15 is 0 Å². The summed E-state index contributed by atoms with van der Waals surface area (Å²) in [6.45, 7) is 0.542. The van der Waals surface area contributed by atoms with Crippen molar-refractivity contribution >= 4 is 28.9 Å². The lowest BCUT2D eigenvalue weighted by Crippen LogP contribution is -2.01. The summed E-state index contributed by atoms with van der Waals surface area (Å²) in [5, 5.41) is 13.0. The summed E-state index contributed by atoms with van der Waals surface area (Å²) in [5.74, 6) is 0.641. The Morgan fingerprint density at radius 3 is 2.50 bits per heavy atom. The zero-order valence-electron chi connectivity index (χ0n) is 10.6. The maximum Gasteiger partial charge on any atom is 0.174 e. The Balaban J connectivity index is 2.06. The average molecular weight is 307 g/mol. The predicted octanol–water partition coefficient (Wildman–Crippen LogP) is 4.51. The smallest absolute Gasteiger partial charge is 0.174 e. The summed E-state index contributed by atoms with van der Waals surface area (Å²) in [4.78, 5) is 0. The highest BCUT2D eigenvalue weighted by molar-refractivity contribution is 6.36. The minimum absolute atomic E-state index is 0.0276. The monoisotopic (exact) mass is 306 g/mol. The number of benzene rings is 2. The van der Waals surface area contributed by atoms with Crippen molar-refractivity contribution in [2.45, 2.75) is 6.54 Å². The lowest BCUT2D eigenvalue weighted by Gasteiger charge is -2.11. The topological polar surface area (TPSA) is 45.0 Å². The van der Waals surface area contributed by atoms with Crippen LogP contribution in [-0.2, 0) is 6.54 Å². The fourth-order valence-electron chi connectivity index (χ4n) is 1.70. The molecule has 0 amide bonds. The van der Waals surface area contributed by atoms with Gasteiger partial charge in [0.25, 0.3) is 0 Å². The van der Waals surface area contributed by atoms with Crippen LogP contribution in [0, 0.1) is 11.3 Å². The van der Waals surface area contributed by atoms with Gasteiger partial charge in [-0.3, -0.25) is 0 Å². The molecule has 0 unspecified atom stereocenters. The molecule has 0 aliphatic heterocycles. The minimum Gasteiger partial charge on any atom is -0.479 e. The highest BCUT2D eigenvalue weighted by atomic mass is 35.5. The molecule has 0 aliphatic carbocycles. The van der Waals surface area contributed by atoms with Gasteiger partial charge in [0.1, 0.15) is 11.8 Å². The number of halogens is 2. The van der Waals surface area contributed by atoms with Crippen LogP contribution in [0.2, 0.25) is 10.0 Å². The molecule has 3 nitrogen and oxygen atoms in total. The Morgan fingerprint density at radius 2 is 1.80 bits per heavy atom. The number of anilines is 1. The third kappa shape index (κ3) is 3.80. The van der Waals surface area contributed by atoms with Crippen LogP contribution in [0.15, 0.2) is 42.5 Å². The van der Waals surface area contributed by atoms with E-state index in [9.17, 15) is 0 Å². The largest absolute Gasteiger partial charge is 0.479 e. The Kier molecular flexibility index (Phi) is 5.11. The predicted molar refractivity (Wildman–Crippen MR) is 81.3 cm³/mol. The quantitative estimate of drug-likeness (QED) is 0.884. The Hall–Kier alpha value is -1.89. The van der Waals surface area contributed by atoms with Crippen molar-refractivity contribution in [1.29, 1.82) is 5.26 Å². The maximum absolute atomic E-state index is 8.49. The van der Waals surface area contributed by atoms with Crippen molar-refractivity contribution in [2.75, 3.05) is 11.9 Å². The first-order valence-electron chi connectivity index (χ1n) is 5.97. The zero-order valence-corrected chi connectivity index (χ0v) is 12.1. The molecule has 0 radical (unpaired) electrons. The zero-order chi connectivity index (χ0) is 14.4. The summed E-state index contributed by atoms with van der Waals surface area (Å²) < 4.78 is 5.24. The van der Waals surface area contributed by atoms with Crippen LogP contribution >= 0.6 is 23.2 Å². The summed E-state index contributed by atoms with van der Waals surface area (Å²) >= 11 is 12.2. The molecule has 2 aromatic carbocycles. The molecular weight excluding hydrogens is 295 g/mol. The lowest BCUT2D eigenvalue weighted by molar-refractivity contribution is 0.368. The summed E-state index contributed by atoms with van der Waals surface area (Å²) in [5.41, 5.74) is 1.72. The molecule has 0 bridgehead atoms.